The lowest BCUT2D eigenvalue weighted by molar-refractivity contribution is 0.414. The van der Waals surface area contributed by atoms with Crippen LogP contribution in [-0.2, 0) is 0 Å². The number of nitrogens with two attached hydrogens (primary N) is 1. The topological polar surface area (TPSA) is 35.2 Å². The molecule has 2 N–H and O–H groups in total. The monoisotopic (exact) mass is 337 g/mol. The van der Waals surface area contributed by atoms with Gasteiger partial charge in [0.25, 0.3) is 0 Å². The summed E-state index contributed by atoms with van der Waals surface area (Å²) in [6.45, 7) is 1.98. The lowest BCUT2D eigenvalue weighted by atomic mass is 10.1. The number of methoxy groups -OCH3 is 1. The predicted molar refractivity (Wildman–Crippen MR) is 83.9 cm³/mol. The highest BCUT2D eigenvalue weighted by atomic mass is 79.9. The molecular formula is C15H16BrNOS. The molecule has 4 heteroatoms. The first-order valence-corrected chi connectivity index (χ1v) is 7.58. The maximum atomic E-state index is 5.88. The maximum absolute atomic E-state index is 5.88. The smallest absolute Gasteiger partial charge is 0.118 e. The fraction of sp³-hybridized carbons (Fsp3) is 0.200. The third-order valence-corrected chi connectivity index (χ3v) is 4.77. The van der Waals surface area contributed by atoms with Crippen molar-refractivity contribution >= 4 is 27.7 Å². The van der Waals surface area contributed by atoms with Gasteiger partial charge in [0.05, 0.1) is 7.11 Å². The van der Waals surface area contributed by atoms with Gasteiger partial charge in [0.15, 0.2) is 0 Å². The maximum Gasteiger partial charge on any atom is 0.118 e. The number of ether oxygens (including phenoxy) is 1. The second kappa shape index (κ2) is 6.46. The van der Waals surface area contributed by atoms with Crippen molar-refractivity contribution in [1.29, 1.82) is 0 Å². The zero-order valence-electron chi connectivity index (χ0n) is 10.9. The van der Waals surface area contributed by atoms with E-state index in [9.17, 15) is 0 Å². The van der Waals surface area contributed by atoms with Gasteiger partial charge in [-0.25, -0.2) is 0 Å². The highest BCUT2D eigenvalue weighted by Gasteiger charge is 2.06. The van der Waals surface area contributed by atoms with E-state index in [0.717, 1.165) is 15.8 Å². The number of halogens is 1. The zero-order valence-corrected chi connectivity index (χ0v) is 13.3. The normalized spacial score (nSPS) is 12.2. The summed E-state index contributed by atoms with van der Waals surface area (Å²) in [5.74, 6) is 0.871. The number of hydrogen-bond donors (Lipinski definition) is 1. The van der Waals surface area contributed by atoms with Crippen LogP contribution in [0.4, 0.5) is 0 Å². The minimum Gasteiger partial charge on any atom is -0.497 e. The molecule has 0 aromatic heterocycles. The highest BCUT2D eigenvalue weighted by molar-refractivity contribution is 9.10. The largest absolute Gasteiger partial charge is 0.497 e. The van der Waals surface area contributed by atoms with Crippen LogP contribution in [-0.4, -0.2) is 7.11 Å². The van der Waals surface area contributed by atoms with Crippen molar-refractivity contribution in [2.75, 3.05) is 7.11 Å². The van der Waals surface area contributed by atoms with Gasteiger partial charge < -0.3 is 10.5 Å². The molecular weight excluding hydrogens is 322 g/mol. The molecule has 0 aliphatic heterocycles. The molecule has 0 saturated heterocycles. The Balaban J connectivity index is 2.18. The van der Waals surface area contributed by atoms with Crippen LogP contribution in [0.2, 0.25) is 0 Å². The fourth-order valence-corrected chi connectivity index (χ4v) is 3.11. The SMILES string of the molecule is COc1ccc(Sc2ccc([C@H](C)N)cc2Br)cc1. The van der Waals surface area contributed by atoms with Crippen LogP contribution in [0.25, 0.3) is 0 Å². The Morgan fingerprint density at radius 2 is 1.84 bits per heavy atom. The second-order valence-electron chi connectivity index (χ2n) is 4.26. The van der Waals surface area contributed by atoms with E-state index in [-0.39, 0.29) is 6.04 Å². The molecule has 0 unspecified atom stereocenters. The van der Waals surface area contributed by atoms with E-state index in [0.29, 0.717) is 0 Å². The Labute approximate surface area is 126 Å². The van der Waals surface area contributed by atoms with E-state index in [2.05, 4.69) is 46.3 Å². The van der Waals surface area contributed by atoms with Gasteiger partial charge in [0.1, 0.15) is 5.75 Å². The predicted octanol–water partition coefficient (Wildman–Crippen LogP) is 4.63. The van der Waals surface area contributed by atoms with E-state index >= 15 is 0 Å². The van der Waals surface area contributed by atoms with Crippen LogP contribution in [0.3, 0.4) is 0 Å². The Kier molecular flexibility index (Phi) is 4.91. The standard InChI is InChI=1S/C15H16BrNOS/c1-10(17)11-3-8-15(14(16)9-11)19-13-6-4-12(18-2)5-7-13/h3-10H,17H2,1-2H3/t10-/m0/s1. The highest BCUT2D eigenvalue weighted by Crippen LogP contribution is 2.35. The molecule has 2 aromatic carbocycles. The molecule has 19 heavy (non-hydrogen) atoms. The van der Waals surface area contributed by atoms with Gasteiger partial charge >= 0.3 is 0 Å². The second-order valence-corrected chi connectivity index (χ2v) is 6.23. The molecule has 2 nitrogen and oxygen atoms in total. The first-order valence-electron chi connectivity index (χ1n) is 5.97. The van der Waals surface area contributed by atoms with E-state index in [1.807, 2.05) is 19.1 Å². The molecule has 0 spiro atoms. The quantitative estimate of drug-likeness (QED) is 0.883. The summed E-state index contributed by atoms with van der Waals surface area (Å²) < 4.78 is 6.23. The molecule has 0 amide bonds. The van der Waals surface area contributed by atoms with E-state index in [1.54, 1.807) is 18.9 Å². The summed E-state index contributed by atoms with van der Waals surface area (Å²) in [5.41, 5.74) is 7.01. The summed E-state index contributed by atoms with van der Waals surface area (Å²) >= 11 is 5.31. The molecule has 0 fully saturated rings. The summed E-state index contributed by atoms with van der Waals surface area (Å²) in [5, 5.41) is 0. The molecule has 1 atom stereocenters. The Morgan fingerprint density at radius 3 is 2.37 bits per heavy atom. The zero-order chi connectivity index (χ0) is 13.8. The Morgan fingerprint density at radius 1 is 1.16 bits per heavy atom. The molecule has 2 aromatic rings. The number of rotatable bonds is 4. The summed E-state index contributed by atoms with van der Waals surface area (Å²) in [6, 6.07) is 14.3. The molecule has 2 rings (SSSR count). The molecule has 0 aliphatic carbocycles. The van der Waals surface area contributed by atoms with Crippen LogP contribution >= 0.6 is 27.7 Å². The van der Waals surface area contributed by atoms with Crippen molar-refractivity contribution in [3.05, 3.63) is 52.5 Å². The van der Waals surface area contributed by atoms with E-state index < -0.39 is 0 Å². The molecule has 0 bridgehead atoms. The third-order valence-electron chi connectivity index (χ3n) is 2.77. The Hall–Kier alpha value is -0.970. The molecule has 100 valence electrons. The molecule has 0 aliphatic rings. The third kappa shape index (κ3) is 3.75. The van der Waals surface area contributed by atoms with Crippen molar-refractivity contribution < 1.29 is 4.74 Å². The Bertz CT molecular complexity index is 555. The molecule has 0 saturated carbocycles. The van der Waals surface area contributed by atoms with Gasteiger partial charge in [0.2, 0.25) is 0 Å². The van der Waals surface area contributed by atoms with Gasteiger partial charge in [0, 0.05) is 20.3 Å². The average Bonchev–Trinajstić information content (AvgIpc) is 2.41. The first-order chi connectivity index (χ1) is 9.10. The van der Waals surface area contributed by atoms with Crippen LogP contribution < -0.4 is 10.5 Å². The van der Waals surface area contributed by atoms with Gasteiger partial charge in [-0.15, -0.1) is 0 Å². The summed E-state index contributed by atoms with van der Waals surface area (Å²) in [4.78, 5) is 2.35. The van der Waals surface area contributed by atoms with Crippen molar-refractivity contribution in [3.63, 3.8) is 0 Å². The van der Waals surface area contributed by atoms with Gasteiger partial charge in [-0.1, -0.05) is 17.8 Å². The van der Waals surface area contributed by atoms with E-state index in [4.69, 9.17) is 10.5 Å². The van der Waals surface area contributed by atoms with E-state index in [1.165, 1.54) is 9.79 Å². The van der Waals surface area contributed by atoms with Gasteiger partial charge in [-0.3, -0.25) is 0 Å². The van der Waals surface area contributed by atoms with Gasteiger partial charge in [-0.2, -0.15) is 0 Å². The lowest BCUT2D eigenvalue weighted by Crippen LogP contribution is -2.04. The average molecular weight is 338 g/mol. The van der Waals surface area contributed by atoms with Crippen molar-refractivity contribution in [1.82, 2.24) is 0 Å². The van der Waals surface area contributed by atoms with Crippen LogP contribution in [0, 0.1) is 0 Å². The fourth-order valence-electron chi connectivity index (χ4n) is 1.65. The molecule has 0 radical (unpaired) electrons. The van der Waals surface area contributed by atoms with Gasteiger partial charge in [-0.05, 0) is 64.8 Å². The lowest BCUT2D eigenvalue weighted by Gasteiger charge is -2.10. The van der Waals surface area contributed by atoms with Crippen LogP contribution in [0.15, 0.2) is 56.7 Å². The summed E-state index contributed by atoms with van der Waals surface area (Å²) in [7, 11) is 1.67. The number of benzene rings is 2. The van der Waals surface area contributed by atoms with Crippen LogP contribution in [0.1, 0.15) is 18.5 Å². The molecule has 0 heterocycles. The minimum atomic E-state index is 0.0522. The first kappa shape index (κ1) is 14.4. The summed E-state index contributed by atoms with van der Waals surface area (Å²) in [6.07, 6.45) is 0. The van der Waals surface area contributed by atoms with Crippen LogP contribution in [0.5, 0.6) is 5.75 Å². The van der Waals surface area contributed by atoms with Crippen molar-refractivity contribution in [3.8, 4) is 5.75 Å². The minimum absolute atomic E-state index is 0.0522. The number of hydrogen-bond acceptors (Lipinski definition) is 3. The van der Waals surface area contributed by atoms with Crippen molar-refractivity contribution in [2.24, 2.45) is 5.73 Å². The van der Waals surface area contributed by atoms with Crippen molar-refractivity contribution in [2.45, 2.75) is 22.8 Å².